The van der Waals surface area contributed by atoms with E-state index < -0.39 is 14.5 Å². The van der Waals surface area contributed by atoms with Crippen molar-refractivity contribution in [3.63, 3.8) is 0 Å². The summed E-state index contributed by atoms with van der Waals surface area (Å²) in [7, 11) is 1.87. The van der Waals surface area contributed by atoms with Gasteiger partial charge in [-0.1, -0.05) is 25.4 Å². The van der Waals surface area contributed by atoms with Crippen molar-refractivity contribution in [3.8, 4) is 5.75 Å². The van der Waals surface area contributed by atoms with Crippen molar-refractivity contribution < 1.29 is 13.2 Å². The third-order valence-electron chi connectivity index (χ3n) is 3.93. The summed E-state index contributed by atoms with van der Waals surface area (Å²) < 4.78 is 28.8. The fraction of sp³-hybridized carbons (Fsp3) is 0.600. The number of halogens is 2. The Labute approximate surface area is 137 Å². The lowest BCUT2D eigenvalue weighted by Crippen LogP contribution is -2.34. The summed E-state index contributed by atoms with van der Waals surface area (Å²) in [5, 5.41) is 0.665. The first-order valence-electron chi connectivity index (χ1n) is 6.94. The molecular weight excluding hydrogens is 331 g/mol. The molecule has 0 aromatic heterocycles. The molecule has 21 heavy (non-hydrogen) atoms. The van der Waals surface area contributed by atoms with Crippen molar-refractivity contribution >= 4 is 31.3 Å². The highest BCUT2D eigenvalue weighted by molar-refractivity contribution is 8.13. The molecule has 0 amide bonds. The summed E-state index contributed by atoms with van der Waals surface area (Å²) >= 11 is 6.00. The highest BCUT2D eigenvalue weighted by Gasteiger charge is 2.33. The van der Waals surface area contributed by atoms with Gasteiger partial charge in [0.1, 0.15) is 5.75 Å². The van der Waals surface area contributed by atoms with Crippen molar-refractivity contribution in [1.29, 1.82) is 0 Å². The molecule has 0 radical (unpaired) electrons. The molecule has 0 spiro atoms. The zero-order valence-electron chi connectivity index (χ0n) is 12.9. The molecule has 0 bridgehead atoms. The van der Waals surface area contributed by atoms with Crippen LogP contribution in [0, 0.1) is 19.3 Å². The van der Waals surface area contributed by atoms with E-state index in [9.17, 15) is 8.42 Å². The van der Waals surface area contributed by atoms with Crippen molar-refractivity contribution in [2.75, 3.05) is 12.4 Å². The first-order valence-corrected chi connectivity index (χ1v) is 9.80. The molecule has 1 aromatic rings. The van der Waals surface area contributed by atoms with E-state index in [4.69, 9.17) is 27.0 Å². The van der Waals surface area contributed by atoms with Crippen LogP contribution in [0.4, 0.5) is 0 Å². The average molecular weight is 353 g/mol. The zero-order chi connectivity index (χ0) is 16.3. The Morgan fingerprint density at radius 1 is 1.14 bits per heavy atom. The molecule has 0 aliphatic heterocycles. The van der Waals surface area contributed by atoms with Crippen molar-refractivity contribution in [3.05, 3.63) is 28.3 Å². The van der Waals surface area contributed by atoms with Crippen LogP contribution in [-0.2, 0) is 9.05 Å². The second kappa shape index (κ2) is 7.21. The Bertz CT molecular complexity index is 570. The van der Waals surface area contributed by atoms with E-state index in [0.717, 1.165) is 16.9 Å². The SMILES string of the molecule is CCC(CC)(COc1c(C)cc(Cl)cc1C)CS(=O)(=O)Cl. The second-order valence-corrected chi connectivity index (χ2v) is 8.76. The zero-order valence-corrected chi connectivity index (χ0v) is 15.2. The van der Waals surface area contributed by atoms with Crippen LogP contribution in [0.1, 0.15) is 37.8 Å². The van der Waals surface area contributed by atoms with Gasteiger partial charge in [-0.25, -0.2) is 8.42 Å². The Hall–Kier alpha value is -0.450. The maximum Gasteiger partial charge on any atom is 0.233 e. The predicted octanol–water partition coefficient (Wildman–Crippen LogP) is 4.71. The van der Waals surface area contributed by atoms with Gasteiger partial charge in [-0.3, -0.25) is 0 Å². The Balaban J connectivity index is 2.98. The third-order valence-corrected chi connectivity index (χ3v) is 5.43. The van der Waals surface area contributed by atoms with E-state index in [1.807, 2.05) is 39.8 Å². The van der Waals surface area contributed by atoms with Crippen LogP contribution >= 0.6 is 22.3 Å². The average Bonchev–Trinajstić information content (AvgIpc) is 2.34. The molecule has 0 heterocycles. The number of aryl methyl sites for hydroxylation is 2. The summed E-state index contributed by atoms with van der Waals surface area (Å²) in [5.74, 6) is 0.679. The predicted molar refractivity (Wildman–Crippen MR) is 89.1 cm³/mol. The lowest BCUT2D eigenvalue weighted by Gasteiger charge is -2.30. The molecule has 0 N–H and O–H groups in total. The van der Waals surface area contributed by atoms with Gasteiger partial charge in [0, 0.05) is 21.1 Å². The topological polar surface area (TPSA) is 43.4 Å². The highest BCUT2D eigenvalue weighted by Crippen LogP contribution is 2.33. The van der Waals surface area contributed by atoms with Gasteiger partial charge in [-0.15, -0.1) is 0 Å². The Kier molecular flexibility index (Phi) is 6.38. The van der Waals surface area contributed by atoms with Crippen LogP contribution in [0.3, 0.4) is 0 Å². The van der Waals surface area contributed by atoms with Crippen LogP contribution in [0.2, 0.25) is 5.02 Å². The number of benzene rings is 1. The van der Waals surface area contributed by atoms with Gasteiger partial charge in [0.2, 0.25) is 9.05 Å². The largest absolute Gasteiger partial charge is 0.492 e. The molecule has 120 valence electrons. The van der Waals surface area contributed by atoms with E-state index in [1.54, 1.807) is 0 Å². The molecule has 6 heteroatoms. The lowest BCUT2D eigenvalue weighted by molar-refractivity contribution is 0.153. The van der Waals surface area contributed by atoms with Crippen LogP contribution in [0.15, 0.2) is 12.1 Å². The molecule has 0 aliphatic carbocycles. The van der Waals surface area contributed by atoms with Gasteiger partial charge in [0.05, 0.1) is 12.4 Å². The van der Waals surface area contributed by atoms with Crippen LogP contribution in [-0.4, -0.2) is 20.8 Å². The summed E-state index contributed by atoms with van der Waals surface area (Å²) in [5.41, 5.74) is 1.41. The number of hydrogen-bond donors (Lipinski definition) is 0. The lowest BCUT2D eigenvalue weighted by atomic mass is 9.85. The number of hydrogen-bond acceptors (Lipinski definition) is 3. The van der Waals surface area contributed by atoms with Gasteiger partial charge < -0.3 is 4.74 Å². The third kappa shape index (κ3) is 5.35. The number of rotatable bonds is 7. The van der Waals surface area contributed by atoms with Gasteiger partial charge in [0.25, 0.3) is 0 Å². The van der Waals surface area contributed by atoms with Crippen molar-refractivity contribution in [1.82, 2.24) is 0 Å². The Morgan fingerprint density at radius 3 is 2.00 bits per heavy atom. The molecule has 0 saturated carbocycles. The molecule has 1 aromatic carbocycles. The maximum atomic E-state index is 11.4. The minimum absolute atomic E-state index is 0.0831. The van der Waals surface area contributed by atoms with Gasteiger partial charge in [0.15, 0.2) is 0 Å². The Morgan fingerprint density at radius 2 is 1.62 bits per heavy atom. The molecule has 1 rings (SSSR count). The number of ether oxygens (including phenoxy) is 1. The smallest absolute Gasteiger partial charge is 0.233 e. The molecule has 0 unspecified atom stereocenters. The summed E-state index contributed by atoms with van der Waals surface area (Å²) in [6, 6.07) is 3.67. The van der Waals surface area contributed by atoms with Crippen LogP contribution < -0.4 is 4.74 Å². The van der Waals surface area contributed by atoms with Gasteiger partial charge in [-0.05, 0) is 49.9 Å². The van der Waals surface area contributed by atoms with Gasteiger partial charge >= 0.3 is 0 Å². The fourth-order valence-corrected chi connectivity index (χ4v) is 4.66. The molecule has 3 nitrogen and oxygen atoms in total. The molecule has 0 atom stereocenters. The molecule has 0 saturated heterocycles. The van der Waals surface area contributed by atoms with E-state index in [2.05, 4.69) is 0 Å². The minimum atomic E-state index is -3.57. The minimum Gasteiger partial charge on any atom is -0.492 e. The van der Waals surface area contributed by atoms with E-state index in [0.29, 0.717) is 24.5 Å². The molecule has 0 fully saturated rings. The standard InChI is InChI=1S/C15H22Cl2O3S/c1-5-15(6-2,10-21(17,18)19)9-20-14-11(3)7-13(16)8-12(14)4/h7-8H,5-6,9-10H2,1-4H3. The quantitative estimate of drug-likeness (QED) is 0.667. The first kappa shape index (κ1) is 18.6. The highest BCUT2D eigenvalue weighted by atomic mass is 35.7. The fourth-order valence-electron chi connectivity index (χ4n) is 2.42. The van der Waals surface area contributed by atoms with Crippen molar-refractivity contribution in [2.24, 2.45) is 5.41 Å². The molecular formula is C15H22Cl2O3S. The summed E-state index contributed by atoms with van der Waals surface area (Å²) in [6.07, 6.45) is 1.36. The monoisotopic (exact) mass is 352 g/mol. The van der Waals surface area contributed by atoms with Crippen LogP contribution in [0.5, 0.6) is 5.75 Å². The summed E-state index contributed by atoms with van der Waals surface area (Å²) in [6.45, 7) is 8.07. The van der Waals surface area contributed by atoms with E-state index in [1.165, 1.54) is 0 Å². The second-order valence-electron chi connectivity index (χ2n) is 5.55. The van der Waals surface area contributed by atoms with Crippen LogP contribution in [0.25, 0.3) is 0 Å². The van der Waals surface area contributed by atoms with E-state index >= 15 is 0 Å². The van der Waals surface area contributed by atoms with Gasteiger partial charge in [-0.2, -0.15) is 0 Å². The first-order chi connectivity index (χ1) is 9.62. The summed E-state index contributed by atoms with van der Waals surface area (Å²) in [4.78, 5) is 0. The van der Waals surface area contributed by atoms with E-state index in [-0.39, 0.29) is 5.75 Å². The maximum absolute atomic E-state index is 11.4. The molecule has 0 aliphatic rings. The normalized spacial score (nSPS) is 12.5. The van der Waals surface area contributed by atoms with Crippen molar-refractivity contribution in [2.45, 2.75) is 40.5 Å².